The lowest BCUT2D eigenvalue weighted by Gasteiger charge is -2.18. The Hall–Kier alpha value is -0.390. The molecule has 0 aromatic carbocycles. The molecule has 1 aromatic heterocycles. The average molecular weight is 265 g/mol. The summed E-state index contributed by atoms with van der Waals surface area (Å²) in [5.41, 5.74) is 0.466. The van der Waals surface area contributed by atoms with E-state index < -0.39 is 12.2 Å². The molecule has 0 bridgehead atoms. The van der Waals surface area contributed by atoms with E-state index in [2.05, 4.69) is 10.3 Å². The Kier molecular flexibility index (Phi) is 5.44. The lowest BCUT2D eigenvalue weighted by molar-refractivity contribution is 0.0140. The van der Waals surface area contributed by atoms with Crippen LogP contribution >= 0.6 is 23.2 Å². The van der Waals surface area contributed by atoms with Gasteiger partial charge in [-0.2, -0.15) is 0 Å². The first-order valence-electron chi connectivity index (χ1n) is 4.88. The predicted molar refractivity (Wildman–Crippen MR) is 63.8 cm³/mol. The summed E-state index contributed by atoms with van der Waals surface area (Å²) in [4.78, 5) is 3.76. The lowest BCUT2D eigenvalue weighted by atomic mass is 10.0. The van der Waals surface area contributed by atoms with Gasteiger partial charge in [0.2, 0.25) is 0 Å². The normalized spacial score (nSPS) is 14.8. The monoisotopic (exact) mass is 264 g/mol. The molecule has 3 N–H and O–H groups in total. The van der Waals surface area contributed by atoms with Crippen LogP contribution in [0, 0.1) is 0 Å². The van der Waals surface area contributed by atoms with E-state index in [1.165, 1.54) is 12.1 Å². The molecular formula is C10H14Cl2N2O2. The van der Waals surface area contributed by atoms with Gasteiger partial charge in [0.1, 0.15) is 16.4 Å². The highest BCUT2D eigenvalue weighted by atomic mass is 35.5. The van der Waals surface area contributed by atoms with E-state index in [4.69, 9.17) is 23.2 Å². The first kappa shape index (κ1) is 13.7. The Morgan fingerprint density at radius 3 is 2.38 bits per heavy atom. The number of nitrogens with zero attached hydrogens (tertiary/aromatic N) is 1. The van der Waals surface area contributed by atoms with Crippen molar-refractivity contribution in [3.63, 3.8) is 0 Å². The van der Waals surface area contributed by atoms with E-state index in [-0.39, 0.29) is 10.3 Å². The fourth-order valence-electron chi connectivity index (χ4n) is 1.33. The summed E-state index contributed by atoms with van der Waals surface area (Å²) in [7, 11) is 1.78. The van der Waals surface area contributed by atoms with Crippen LogP contribution in [0.5, 0.6) is 0 Å². The van der Waals surface area contributed by atoms with Gasteiger partial charge in [0.25, 0.3) is 0 Å². The molecule has 1 aromatic rings. The highest BCUT2D eigenvalue weighted by molar-refractivity contribution is 6.32. The second kappa shape index (κ2) is 6.37. The molecule has 0 radical (unpaired) electrons. The minimum absolute atomic E-state index is 0.197. The minimum Gasteiger partial charge on any atom is -0.390 e. The van der Waals surface area contributed by atoms with Gasteiger partial charge >= 0.3 is 0 Å². The Bertz CT molecular complexity index is 329. The molecule has 6 heteroatoms. The number of aromatic nitrogens is 1. The maximum Gasteiger partial charge on any atom is 0.131 e. The summed E-state index contributed by atoms with van der Waals surface area (Å²) in [5, 5.41) is 22.8. The number of hydrogen-bond donors (Lipinski definition) is 3. The zero-order valence-electron chi connectivity index (χ0n) is 8.82. The third kappa shape index (κ3) is 3.88. The number of halogens is 2. The van der Waals surface area contributed by atoms with Crippen LogP contribution in [0.15, 0.2) is 12.1 Å². The number of hydrogen-bond acceptors (Lipinski definition) is 4. The van der Waals surface area contributed by atoms with Crippen molar-refractivity contribution in [1.29, 1.82) is 0 Å². The van der Waals surface area contributed by atoms with Crippen LogP contribution in [0.1, 0.15) is 18.1 Å². The summed E-state index contributed by atoms with van der Waals surface area (Å²) in [6, 6.07) is 2.97. The molecule has 16 heavy (non-hydrogen) atoms. The smallest absolute Gasteiger partial charge is 0.131 e. The van der Waals surface area contributed by atoms with Gasteiger partial charge in [-0.3, -0.25) is 0 Å². The lowest BCUT2D eigenvalue weighted by Crippen LogP contribution is -2.23. The van der Waals surface area contributed by atoms with Crippen molar-refractivity contribution in [1.82, 2.24) is 10.3 Å². The molecule has 2 atom stereocenters. The van der Waals surface area contributed by atoms with E-state index in [1.54, 1.807) is 7.05 Å². The number of aliphatic hydroxyl groups excluding tert-OH is 2. The quantitative estimate of drug-likeness (QED) is 0.704. The van der Waals surface area contributed by atoms with Gasteiger partial charge < -0.3 is 15.5 Å². The summed E-state index contributed by atoms with van der Waals surface area (Å²) >= 11 is 11.4. The van der Waals surface area contributed by atoms with Crippen molar-refractivity contribution in [2.75, 3.05) is 13.6 Å². The van der Waals surface area contributed by atoms with Gasteiger partial charge in [-0.15, -0.1) is 0 Å². The number of rotatable bonds is 5. The van der Waals surface area contributed by atoms with Gasteiger partial charge in [0.15, 0.2) is 0 Å². The highest BCUT2D eigenvalue weighted by Crippen LogP contribution is 2.23. The van der Waals surface area contributed by atoms with Gasteiger partial charge in [-0.05, 0) is 37.7 Å². The molecular weight excluding hydrogens is 251 g/mol. The molecule has 1 heterocycles. The maximum absolute atomic E-state index is 9.84. The first-order chi connectivity index (χ1) is 7.54. The van der Waals surface area contributed by atoms with Crippen molar-refractivity contribution in [3.05, 3.63) is 28.0 Å². The van der Waals surface area contributed by atoms with Crippen molar-refractivity contribution >= 4 is 23.2 Å². The molecule has 0 amide bonds. The van der Waals surface area contributed by atoms with E-state index in [0.717, 1.165) is 0 Å². The molecule has 1 rings (SSSR count). The van der Waals surface area contributed by atoms with Crippen molar-refractivity contribution < 1.29 is 10.2 Å². The first-order valence-corrected chi connectivity index (χ1v) is 5.64. The largest absolute Gasteiger partial charge is 0.390 e. The van der Waals surface area contributed by atoms with Crippen molar-refractivity contribution in [3.8, 4) is 0 Å². The number of nitrogens with one attached hydrogen (secondary N) is 1. The predicted octanol–water partition coefficient (Wildman–Crippen LogP) is 1.39. The fraction of sp³-hybridized carbons (Fsp3) is 0.500. The third-order valence-electron chi connectivity index (χ3n) is 2.18. The van der Waals surface area contributed by atoms with Crippen LogP contribution in [0.2, 0.25) is 10.3 Å². The molecule has 0 aliphatic rings. The zero-order valence-corrected chi connectivity index (χ0v) is 10.3. The van der Waals surface area contributed by atoms with E-state index in [9.17, 15) is 10.2 Å². The van der Waals surface area contributed by atoms with Crippen LogP contribution in [0.3, 0.4) is 0 Å². The van der Waals surface area contributed by atoms with Crippen molar-refractivity contribution in [2.45, 2.75) is 18.6 Å². The topological polar surface area (TPSA) is 65.4 Å². The molecule has 2 unspecified atom stereocenters. The van der Waals surface area contributed by atoms with Crippen LogP contribution in [-0.2, 0) is 0 Å². The average Bonchev–Trinajstić information content (AvgIpc) is 2.23. The molecule has 0 aliphatic carbocycles. The molecule has 0 fully saturated rings. The minimum atomic E-state index is -1.01. The second-order valence-corrected chi connectivity index (χ2v) is 4.22. The van der Waals surface area contributed by atoms with Gasteiger partial charge in [-0.1, -0.05) is 23.2 Å². The summed E-state index contributed by atoms with van der Waals surface area (Å²) in [6.07, 6.45) is -1.43. The zero-order chi connectivity index (χ0) is 12.1. The molecule has 90 valence electrons. The number of aliphatic hydroxyl groups is 2. The van der Waals surface area contributed by atoms with Crippen LogP contribution in [0.4, 0.5) is 0 Å². The van der Waals surface area contributed by atoms with Crippen LogP contribution < -0.4 is 5.32 Å². The SMILES string of the molecule is CNCCC(O)C(O)c1cc(Cl)nc(Cl)c1. The maximum atomic E-state index is 9.84. The molecule has 0 saturated carbocycles. The van der Waals surface area contributed by atoms with E-state index in [1.807, 2.05) is 0 Å². The van der Waals surface area contributed by atoms with Gasteiger partial charge in [0.05, 0.1) is 6.10 Å². The third-order valence-corrected chi connectivity index (χ3v) is 2.57. The van der Waals surface area contributed by atoms with Crippen LogP contribution in [-0.4, -0.2) is 34.9 Å². The molecule has 4 nitrogen and oxygen atoms in total. The fourth-order valence-corrected chi connectivity index (χ4v) is 1.80. The molecule has 0 spiro atoms. The molecule has 0 aliphatic heterocycles. The van der Waals surface area contributed by atoms with Gasteiger partial charge in [-0.25, -0.2) is 4.98 Å². The Morgan fingerprint density at radius 2 is 1.88 bits per heavy atom. The summed E-state index contributed by atoms with van der Waals surface area (Å²) in [5.74, 6) is 0. The van der Waals surface area contributed by atoms with Crippen LogP contribution in [0.25, 0.3) is 0 Å². The number of pyridine rings is 1. The molecule has 0 saturated heterocycles. The van der Waals surface area contributed by atoms with Crippen molar-refractivity contribution in [2.24, 2.45) is 0 Å². The standard InChI is InChI=1S/C10H14Cl2N2O2/c1-13-3-2-7(15)10(16)6-4-8(11)14-9(12)5-6/h4-5,7,10,13,15-16H,2-3H2,1H3. The summed E-state index contributed by atoms with van der Waals surface area (Å²) in [6.45, 7) is 0.616. The van der Waals surface area contributed by atoms with Gasteiger partial charge in [0, 0.05) is 0 Å². The summed E-state index contributed by atoms with van der Waals surface area (Å²) < 4.78 is 0. The highest BCUT2D eigenvalue weighted by Gasteiger charge is 2.18. The Balaban J connectivity index is 2.74. The van der Waals surface area contributed by atoms with E-state index >= 15 is 0 Å². The second-order valence-electron chi connectivity index (χ2n) is 3.45. The Labute approximate surface area is 104 Å². The Morgan fingerprint density at radius 1 is 1.31 bits per heavy atom. The van der Waals surface area contributed by atoms with E-state index in [0.29, 0.717) is 18.5 Å².